The maximum atomic E-state index is 12.5. The zero-order valence-electron chi connectivity index (χ0n) is 12.5. The molecule has 0 fully saturated rings. The van der Waals surface area contributed by atoms with Gasteiger partial charge in [0.15, 0.2) is 0 Å². The van der Waals surface area contributed by atoms with Gasteiger partial charge in [-0.1, -0.05) is 38.3 Å². The van der Waals surface area contributed by atoms with E-state index in [4.69, 9.17) is 4.74 Å². The van der Waals surface area contributed by atoms with E-state index in [9.17, 15) is 13.2 Å². The molecular formula is C17H21F3O. The first-order valence-electron chi connectivity index (χ1n) is 6.87. The second-order valence-electron chi connectivity index (χ2n) is 4.88. The van der Waals surface area contributed by atoms with Crippen LogP contribution >= 0.6 is 0 Å². The Labute approximate surface area is 124 Å². The van der Waals surface area contributed by atoms with E-state index in [2.05, 4.69) is 13.2 Å². The molecule has 0 N–H and O–H groups in total. The van der Waals surface area contributed by atoms with E-state index in [-0.39, 0.29) is 0 Å². The smallest absolute Gasteiger partial charge is 0.376 e. The van der Waals surface area contributed by atoms with Crippen LogP contribution in [0.25, 0.3) is 0 Å². The molecule has 0 bridgehead atoms. The Bertz CT molecular complexity index is 505. The lowest BCUT2D eigenvalue weighted by Gasteiger charge is -2.21. The van der Waals surface area contributed by atoms with E-state index in [1.54, 1.807) is 6.08 Å². The van der Waals surface area contributed by atoms with Gasteiger partial charge in [0, 0.05) is 5.57 Å². The Morgan fingerprint density at radius 3 is 2.52 bits per heavy atom. The van der Waals surface area contributed by atoms with Crippen LogP contribution in [0.3, 0.4) is 0 Å². The van der Waals surface area contributed by atoms with Crippen molar-refractivity contribution in [3.8, 4) is 0 Å². The molecule has 0 unspecified atom stereocenters. The van der Waals surface area contributed by atoms with Crippen molar-refractivity contribution in [3.63, 3.8) is 0 Å². The fourth-order valence-corrected chi connectivity index (χ4v) is 2.08. The molecule has 1 aliphatic heterocycles. The Balaban J connectivity index is 3.07. The van der Waals surface area contributed by atoms with E-state index >= 15 is 0 Å². The van der Waals surface area contributed by atoms with Crippen LogP contribution in [0, 0.1) is 0 Å². The highest BCUT2D eigenvalue weighted by Gasteiger charge is 2.29. The molecule has 0 amide bonds. The molecule has 116 valence electrons. The summed E-state index contributed by atoms with van der Waals surface area (Å²) in [5, 5.41) is 0. The van der Waals surface area contributed by atoms with Gasteiger partial charge in [-0.2, -0.15) is 13.2 Å². The molecule has 0 aromatic rings. The average molecular weight is 298 g/mol. The first-order chi connectivity index (χ1) is 9.81. The maximum absolute atomic E-state index is 12.5. The van der Waals surface area contributed by atoms with Crippen LogP contribution in [-0.4, -0.2) is 19.4 Å². The van der Waals surface area contributed by atoms with Crippen molar-refractivity contribution < 1.29 is 17.9 Å². The van der Waals surface area contributed by atoms with Crippen molar-refractivity contribution in [2.45, 2.75) is 32.9 Å². The monoisotopic (exact) mass is 298 g/mol. The van der Waals surface area contributed by atoms with Gasteiger partial charge in [0.1, 0.15) is 0 Å². The van der Waals surface area contributed by atoms with Gasteiger partial charge < -0.3 is 4.74 Å². The van der Waals surface area contributed by atoms with Crippen LogP contribution in [0.5, 0.6) is 0 Å². The first-order valence-corrected chi connectivity index (χ1v) is 6.87. The zero-order valence-corrected chi connectivity index (χ0v) is 12.5. The van der Waals surface area contributed by atoms with E-state index in [1.165, 1.54) is 6.08 Å². The van der Waals surface area contributed by atoms with Gasteiger partial charge in [0.05, 0.1) is 13.2 Å². The molecule has 0 saturated carbocycles. The van der Waals surface area contributed by atoms with Crippen LogP contribution in [0.1, 0.15) is 26.7 Å². The highest BCUT2D eigenvalue weighted by molar-refractivity contribution is 5.51. The van der Waals surface area contributed by atoms with Crippen LogP contribution < -0.4 is 0 Å². The van der Waals surface area contributed by atoms with Gasteiger partial charge in [0.2, 0.25) is 0 Å². The molecule has 1 heterocycles. The lowest BCUT2D eigenvalue weighted by atomic mass is 9.90. The van der Waals surface area contributed by atoms with Crippen molar-refractivity contribution in [2.75, 3.05) is 13.2 Å². The Morgan fingerprint density at radius 1 is 1.33 bits per heavy atom. The predicted molar refractivity (Wildman–Crippen MR) is 80.0 cm³/mol. The van der Waals surface area contributed by atoms with Crippen molar-refractivity contribution in [3.05, 3.63) is 59.3 Å². The zero-order chi connectivity index (χ0) is 16.0. The van der Waals surface area contributed by atoms with Crippen molar-refractivity contribution in [1.29, 1.82) is 0 Å². The molecule has 0 spiro atoms. The molecule has 1 rings (SSSR count). The molecule has 4 heteroatoms. The number of alkyl halides is 3. The lowest BCUT2D eigenvalue weighted by molar-refractivity contribution is -0.0913. The quantitative estimate of drug-likeness (QED) is 0.627. The summed E-state index contributed by atoms with van der Waals surface area (Å²) in [5.74, 6) is 0. The molecule has 0 aromatic heterocycles. The number of ether oxygens (including phenoxy) is 1. The van der Waals surface area contributed by atoms with Gasteiger partial charge in [-0.25, -0.2) is 0 Å². The molecule has 0 atom stereocenters. The van der Waals surface area contributed by atoms with Crippen molar-refractivity contribution >= 4 is 0 Å². The van der Waals surface area contributed by atoms with E-state index in [0.29, 0.717) is 26.1 Å². The summed E-state index contributed by atoms with van der Waals surface area (Å²) in [4.78, 5) is 0. The summed E-state index contributed by atoms with van der Waals surface area (Å²) in [6.07, 6.45) is 1.38. The number of hydrogen-bond acceptors (Lipinski definition) is 1. The minimum absolute atomic E-state index is 0.478. The normalized spacial score (nSPS) is 18.0. The van der Waals surface area contributed by atoms with Gasteiger partial charge >= 0.3 is 6.18 Å². The Morgan fingerprint density at radius 2 is 2.00 bits per heavy atom. The second kappa shape index (κ2) is 7.46. The first kappa shape index (κ1) is 17.5. The maximum Gasteiger partial charge on any atom is 0.412 e. The SMILES string of the molecule is C=CC1=C(C(=C)/C(=C/C=C(\C)C(F)(F)F)CC)CCOC1. The number of halogens is 3. The van der Waals surface area contributed by atoms with Gasteiger partial charge in [-0.3, -0.25) is 0 Å². The molecule has 0 radical (unpaired) electrons. The Hall–Kier alpha value is -1.55. The third-order valence-electron chi connectivity index (χ3n) is 3.50. The van der Waals surface area contributed by atoms with Gasteiger partial charge in [0.25, 0.3) is 0 Å². The summed E-state index contributed by atoms with van der Waals surface area (Å²) in [6.45, 7) is 11.8. The topological polar surface area (TPSA) is 9.23 Å². The summed E-state index contributed by atoms with van der Waals surface area (Å²) in [6, 6.07) is 0. The molecule has 0 aromatic carbocycles. The molecule has 0 aliphatic carbocycles. The number of rotatable bonds is 5. The predicted octanol–water partition coefficient (Wildman–Crippen LogP) is 5.29. The van der Waals surface area contributed by atoms with E-state index < -0.39 is 11.7 Å². The average Bonchev–Trinajstić information content (AvgIpc) is 2.46. The van der Waals surface area contributed by atoms with Crippen LogP contribution in [0.2, 0.25) is 0 Å². The van der Waals surface area contributed by atoms with Crippen LogP contribution in [-0.2, 0) is 4.74 Å². The molecule has 21 heavy (non-hydrogen) atoms. The van der Waals surface area contributed by atoms with Crippen molar-refractivity contribution in [1.82, 2.24) is 0 Å². The van der Waals surface area contributed by atoms with Crippen molar-refractivity contribution in [2.24, 2.45) is 0 Å². The Kier molecular flexibility index (Phi) is 6.21. The summed E-state index contributed by atoms with van der Waals surface area (Å²) >= 11 is 0. The molecule has 1 aliphatic rings. The summed E-state index contributed by atoms with van der Waals surface area (Å²) in [7, 11) is 0. The van der Waals surface area contributed by atoms with E-state index in [1.807, 2.05) is 6.92 Å². The summed E-state index contributed by atoms with van der Waals surface area (Å²) in [5.41, 5.74) is 2.95. The van der Waals surface area contributed by atoms with E-state index in [0.717, 1.165) is 35.3 Å². The van der Waals surface area contributed by atoms with Crippen LogP contribution in [0.4, 0.5) is 13.2 Å². The highest BCUT2D eigenvalue weighted by Crippen LogP contribution is 2.30. The summed E-state index contributed by atoms with van der Waals surface area (Å²) < 4.78 is 42.9. The molecule has 0 saturated heterocycles. The fraction of sp³-hybridized carbons (Fsp3) is 0.412. The lowest BCUT2D eigenvalue weighted by Crippen LogP contribution is -2.12. The fourth-order valence-electron chi connectivity index (χ4n) is 2.08. The second-order valence-corrected chi connectivity index (χ2v) is 4.88. The minimum Gasteiger partial charge on any atom is -0.376 e. The standard InChI is InChI=1S/C17H21F3O/c1-5-14(8-7-12(3)17(18,19)20)13(4)16-9-10-21-11-15(16)6-2/h6-8H,2,4-5,9-11H2,1,3H3/b12-7+,14-8+. The number of allylic oxidation sites excluding steroid dienone is 5. The van der Waals surface area contributed by atoms with Gasteiger partial charge in [-0.05, 0) is 42.1 Å². The molecule has 1 nitrogen and oxygen atoms in total. The molecular weight excluding hydrogens is 277 g/mol. The third-order valence-corrected chi connectivity index (χ3v) is 3.50. The minimum atomic E-state index is -4.29. The van der Waals surface area contributed by atoms with Crippen LogP contribution in [0.15, 0.2) is 59.3 Å². The van der Waals surface area contributed by atoms with Gasteiger partial charge in [-0.15, -0.1) is 0 Å². The third kappa shape index (κ3) is 4.74. The largest absolute Gasteiger partial charge is 0.412 e. The number of hydrogen-bond donors (Lipinski definition) is 0. The highest BCUT2D eigenvalue weighted by atomic mass is 19.4.